The molecule has 29 heavy (non-hydrogen) atoms. The smallest absolute Gasteiger partial charge is 0.272 e. The Morgan fingerprint density at radius 2 is 1.66 bits per heavy atom. The summed E-state index contributed by atoms with van der Waals surface area (Å²) < 4.78 is 28.5. The quantitative estimate of drug-likeness (QED) is 0.693. The minimum Gasteiger partial charge on any atom is -0.340 e. The van der Waals surface area contributed by atoms with E-state index in [0.29, 0.717) is 16.8 Å². The highest BCUT2D eigenvalue weighted by Crippen LogP contribution is 2.23. The van der Waals surface area contributed by atoms with Crippen LogP contribution >= 0.6 is 0 Å². The second-order valence-electron chi connectivity index (χ2n) is 7.19. The molecular weight excluding hydrogens is 374 g/mol. The van der Waals surface area contributed by atoms with Gasteiger partial charge in [-0.3, -0.25) is 9.48 Å². The van der Waals surface area contributed by atoms with Crippen molar-refractivity contribution in [2.24, 2.45) is 0 Å². The Balaban J connectivity index is 1.57. The Bertz CT molecular complexity index is 918. The fourth-order valence-corrected chi connectivity index (χ4v) is 3.60. The van der Waals surface area contributed by atoms with Crippen molar-refractivity contribution in [3.8, 4) is 0 Å². The largest absolute Gasteiger partial charge is 0.340 e. The Morgan fingerprint density at radius 1 is 1.03 bits per heavy atom. The number of carbonyl (C=O) groups is 1. The molecule has 0 spiro atoms. The maximum Gasteiger partial charge on any atom is 0.272 e. The van der Waals surface area contributed by atoms with Gasteiger partial charge < -0.3 is 10.6 Å². The predicted molar refractivity (Wildman–Crippen MR) is 105 cm³/mol. The number of hydrogen-bond acceptors (Lipinski definition) is 3. The Hall–Kier alpha value is -3.06. The maximum atomic E-state index is 13.4. The van der Waals surface area contributed by atoms with E-state index >= 15 is 0 Å². The lowest BCUT2D eigenvalue weighted by molar-refractivity contribution is 0.0936. The highest BCUT2D eigenvalue weighted by Gasteiger charge is 2.21. The second kappa shape index (κ2) is 8.53. The van der Waals surface area contributed by atoms with Gasteiger partial charge in [0.25, 0.3) is 5.91 Å². The molecule has 1 fully saturated rings. The summed E-state index contributed by atoms with van der Waals surface area (Å²) in [5.41, 5.74) is 1.70. The molecule has 0 saturated carbocycles. The molecule has 2 N–H and O–H groups in total. The number of rotatable bonds is 5. The van der Waals surface area contributed by atoms with Gasteiger partial charge in [0.1, 0.15) is 17.3 Å². The van der Waals surface area contributed by atoms with Crippen LogP contribution in [0.25, 0.3) is 0 Å². The third-order valence-electron chi connectivity index (χ3n) is 5.17. The highest BCUT2D eigenvalue weighted by molar-refractivity contribution is 5.92. The zero-order chi connectivity index (χ0) is 20.2. The van der Waals surface area contributed by atoms with E-state index in [0.717, 1.165) is 25.9 Å². The number of carbonyl (C=O) groups excluding carboxylic acids is 1. The van der Waals surface area contributed by atoms with Crippen LogP contribution in [-0.2, 0) is 0 Å². The normalized spacial score (nSPS) is 16.7. The zero-order valence-electron chi connectivity index (χ0n) is 15.8. The molecule has 1 aromatic heterocycles. The molecule has 1 amide bonds. The van der Waals surface area contributed by atoms with E-state index in [1.165, 1.54) is 24.3 Å². The standard InChI is InChI=1S/C22H22F2N4O/c23-17-7-3-15(4-8-17)21(16-5-9-18(24)10-6-16)26-22(29)20-11-13-28(27-20)19-2-1-12-25-14-19/h3-11,13,19,21,25H,1-2,12,14H2,(H,26,29). The van der Waals surface area contributed by atoms with E-state index in [-0.39, 0.29) is 23.6 Å². The van der Waals surface area contributed by atoms with Crippen molar-refractivity contribution in [1.82, 2.24) is 20.4 Å². The molecule has 150 valence electrons. The summed E-state index contributed by atoms with van der Waals surface area (Å²) in [6, 6.07) is 13.1. The van der Waals surface area contributed by atoms with Crippen LogP contribution in [0.3, 0.4) is 0 Å². The van der Waals surface area contributed by atoms with Crippen molar-refractivity contribution in [2.45, 2.75) is 24.9 Å². The van der Waals surface area contributed by atoms with Gasteiger partial charge in [-0.1, -0.05) is 24.3 Å². The number of hydrogen-bond donors (Lipinski definition) is 2. The molecule has 1 unspecified atom stereocenters. The predicted octanol–water partition coefficient (Wildman–Crippen LogP) is 3.61. The molecule has 3 aromatic rings. The van der Waals surface area contributed by atoms with Gasteiger partial charge in [0.2, 0.25) is 0 Å². The average molecular weight is 396 g/mol. The fourth-order valence-electron chi connectivity index (χ4n) is 3.60. The number of aromatic nitrogens is 2. The average Bonchev–Trinajstić information content (AvgIpc) is 3.25. The minimum absolute atomic E-state index is 0.232. The summed E-state index contributed by atoms with van der Waals surface area (Å²) in [4.78, 5) is 12.9. The van der Waals surface area contributed by atoms with Gasteiger partial charge in [-0.15, -0.1) is 0 Å². The first-order chi connectivity index (χ1) is 14.1. The summed E-state index contributed by atoms with van der Waals surface area (Å²) in [5.74, 6) is -1.07. The first-order valence-corrected chi connectivity index (χ1v) is 9.68. The van der Waals surface area contributed by atoms with Crippen molar-refractivity contribution in [2.75, 3.05) is 13.1 Å². The van der Waals surface area contributed by atoms with Crippen LogP contribution in [0.15, 0.2) is 60.8 Å². The summed E-state index contributed by atoms with van der Waals surface area (Å²) in [7, 11) is 0. The molecule has 0 radical (unpaired) electrons. The third kappa shape index (κ3) is 4.51. The Labute approximate surface area is 167 Å². The lowest BCUT2D eigenvalue weighted by Gasteiger charge is -2.23. The summed E-state index contributed by atoms with van der Waals surface area (Å²) >= 11 is 0. The molecule has 2 heterocycles. The van der Waals surface area contributed by atoms with Crippen LogP contribution < -0.4 is 10.6 Å². The summed E-state index contributed by atoms with van der Waals surface area (Å²) in [6.07, 6.45) is 3.91. The van der Waals surface area contributed by atoms with Crippen LogP contribution in [0.4, 0.5) is 8.78 Å². The Morgan fingerprint density at radius 3 is 2.21 bits per heavy atom. The molecular formula is C22H22F2N4O. The van der Waals surface area contributed by atoms with Crippen molar-refractivity contribution in [3.05, 3.63) is 89.2 Å². The van der Waals surface area contributed by atoms with E-state index in [1.807, 2.05) is 10.9 Å². The third-order valence-corrected chi connectivity index (χ3v) is 5.17. The molecule has 1 saturated heterocycles. The number of amides is 1. The van der Waals surface area contributed by atoms with Crippen LogP contribution in [-0.4, -0.2) is 28.8 Å². The summed E-state index contributed by atoms with van der Waals surface area (Å²) in [6.45, 7) is 1.83. The fraction of sp³-hybridized carbons (Fsp3) is 0.273. The molecule has 0 bridgehead atoms. The van der Waals surface area contributed by atoms with Gasteiger partial charge in [-0.2, -0.15) is 5.10 Å². The minimum atomic E-state index is -0.551. The number of nitrogens with one attached hydrogen (secondary N) is 2. The molecule has 2 aromatic carbocycles. The molecule has 0 aliphatic carbocycles. The van der Waals surface area contributed by atoms with Crippen LogP contribution in [0.1, 0.15) is 46.5 Å². The zero-order valence-corrected chi connectivity index (χ0v) is 15.8. The van der Waals surface area contributed by atoms with Crippen molar-refractivity contribution < 1.29 is 13.6 Å². The van der Waals surface area contributed by atoms with Gasteiger partial charge in [0.05, 0.1) is 12.1 Å². The van der Waals surface area contributed by atoms with E-state index < -0.39 is 6.04 Å². The summed E-state index contributed by atoms with van der Waals surface area (Å²) in [5, 5.41) is 10.7. The van der Waals surface area contributed by atoms with Crippen molar-refractivity contribution >= 4 is 5.91 Å². The lowest BCUT2D eigenvalue weighted by atomic mass is 9.98. The molecule has 4 rings (SSSR count). The highest BCUT2D eigenvalue weighted by atomic mass is 19.1. The van der Waals surface area contributed by atoms with E-state index in [4.69, 9.17) is 0 Å². The maximum absolute atomic E-state index is 13.4. The SMILES string of the molecule is O=C(NC(c1ccc(F)cc1)c1ccc(F)cc1)c1ccn(C2CCCNC2)n1. The van der Waals surface area contributed by atoms with E-state index in [2.05, 4.69) is 15.7 Å². The van der Waals surface area contributed by atoms with Gasteiger partial charge >= 0.3 is 0 Å². The van der Waals surface area contributed by atoms with Crippen LogP contribution in [0, 0.1) is 11.6 Å². The van der Waals surface area contributed by atoms with Crippen LogP contribution in [0.5, 0.6) is 0 Å². The number of nitrogens with zero attached hydrogens (tertiary/aromatic N) is 2. The van der Waals surface area contributed by atoms with Gasteiger partial charge in [0, 0.05) is 12.7 Å². The lowest BCUT2D eigenvalue weighted by Crippen LogP contribution is -2.32. The van der Waals surface area contributed by atoms with Gasteiger partial charge in [-0.25, -0.2) is 8.78 Å². The molecule has 1 aliphatic rings. The van der Waals surface area contributed by atoms with Crippen LogP contribution in [0.2, 0.25) is 0 Å². The van der Waals surface area contributed by atoms with E-state index in [1.54, 1.807) is 30.3 Å². The molecule has 5 nitrogen and oxygen atoms in total. The van der Waals surface area contributed by atoms with Crippen molar-refractivity contribution in [1.29, 1.82) is 0 Å². The van der Waals surface area contributed by atoms with Crippen molar-refractivity contribution in [3.63, 3.8) is 0 Å². The second-order valence-corrected chi connectivity index (χ2v) is 7.19. The molecule has 7 heteroatoms. The number of piperidine rings is 1. The number of benzene rings is 2. The first kappa shape index (κ1) is 19.3. The van der Waals surface area contributed by atoms with E-state index in [9.17, 15) is 13.6 Å². The topological polar surface area (TPSA) is 59.0 Å². The van der Waals surface area contributed by atoms with Gasteiger partial charge in [-0.05, 0) is 60.8 Å². The van der Waals surface area contributed by atoms with Gasteiger partial charge in [0.15, 0.2) is 0 Å². The molecule has 1 atom stereocenters. The Kier molecular flexibility index (Phi) is 5.67. The molecule has 1 aliphatic heterocycles. The first-order valence-electron chi connectivity index (χ1n) is 9.68. The number of halogens is 2. The monoisotopic (exact) mass is 396 g/mol.